The molecule has 2 rings (SSSR count). The van der Waals surface area contributed by atoms with Gasteiger partial charge in [0.15, 0.2) is 5.78 Å². The van der Waals surface area contributed by atoms with E-state index in [9.17, 15) is 4.79 Å². The van der Waals surface area contributed by atoms with Gasteiger partial charge in [0.2, 0.25) is 0 Å². The van der Waals surface area contributed by atoms with E-state index >= 15 is 0 Å². The minimum atomic E-state index is -0.423. The van der Waals surface area contributed by atoms with Crippen LogP contribution in [0.25, 0.3) is 0 Å². The first-order valence-corrected chi connectivity index (χ1v) is 6.81. The average Bonchev–Trinajstić information content (AvgIpc) is 2.40. The predicted octanol–water partition coefficient (Wildman–Crippen LogP) is 2.58. The standard InChI is InChI=1S/C15H23NO2/c1-11-10-12(18-3)7-8-13(11)15(16-2)9-5-4-6-14(15)17/h7-8,11,16H,4-6,9-10H2,1-3H3/t11?,15-/m0/s1. The molecule has 1 unspecified atom stereocenters. The molecule has 1 saturated carbocycles. The maximum atomic E-state index is 12.4. The third-order valence-corrected chi connectivity index (χ3v) is 4.35. The maximum Gasteiger partial charge on any atom is 0.157 e. The second-order valence-electron chi connectivity index (χ2n) is 5.35. The summed E-state index contributed by atoms with van der Waals surface area (Å²) in [6, 6.07) is 0. The van der Waals surface area contributed by atoms with Crippen molar-refractivity contribution in [2.45, 2.75) is 44.6 Å². The number of methoxy groups -OCH3 is 1. The van der Waals surface area contributed by atoms with Gasteiger partial charge in [-0.25, -0.2) is 0 Å². The van der Waals surface area contributed by atoms with Gasteiger partial charge in [0.1, 0.15) is 0 Å². The number of nitrogens with one attached hydrogen (secondary N) is 1. The molecule has 0 radical (unpaired) electrons. The van der Waals surface area contributed by atoms with Crippen LogP contribution in [0, 0.1) is 5.92 Å². The molecule has 0 spiro atoms. The van der Waals surface area contributed by atoms with Crippen LogP contribution in [0.2, 0.25) is 0 Å². The Hall–Kier alpha value is -1.09. The number of hydrogen-bond donors (Lipinski definition) is 1. The summed E-state index contributed by atoms with van der Waals surface area (Å²) in [6.45, 7) is 2.18. The van der Waals surface area contributed by atoms with Gasteiger partial charge in [-0.3, -0.25) is 4.79 Å². The summed E-state index contributed by atoms with van der Waals surface area (Å²) in [5.74, 6) is 1.71. The highest BCUT2D eigenvalue weighted by atomic mass is 16.5. The van der Waals surface area contributed by atoms with Crippen LogP contribution >= 0.6 is 0 Å². The SMILES string of the molecule is CN[C@]1(C2=CC=C(OC)CC2C)CCCCC1=O. The van der Waals surface area contributed by atoms with Crippen LogP contribution in [-0.2, 0) is 9.53 Å². The van der Waals surface area contributed by atoms with E-state index in [2.05, 4.69) is 18.3 Å². The zero-order chi connectivity index (χ0) is 13.2. The van der Waals surface area contributed by atoms with Crippen LogP contribution in [0.3, 0.4) is 0 Å². The Morgan fingerprint density at radius 3 is 2.72 bits per heavy atom. The van der Waals surface area contributed by atoms with Gasteiger partial charge in [0, 0.05) is 12.8 Å². The van der Waals surface area contributed by atoms with E-state index in [1.165, 1.54) is 5.57 Å². The Morgan fingerprint density at radius 1 is 1.39 bits per heavy atom. The molecule has 1 fully saturated rings. The zero-order valence-corrected chi connectivity index (χ0v) is 11.6. The van der Waals surface area contributed by atoms with Crippen molar-refractivity contribution in [1.29, 1.82) is 0 Å². The van der Waals surface area contributed by atoms with Gasteiger partial charge in [-0.05, 0) is 37.5 Å². The van der Waals surface area contributed by atoms with Gasteiger partial charge in [0.05, 0.1) is 18.4 Å². The van der Waals surface area contributed by atoms with Gasteiger partial charge in [-0.2, -0.15) is 0 Å². The lowest BCUT2D eigenvalue weighted by atomic mass is 9.69. The van der Waals surface area contributed by atoms with E-state index < -0.39 is 5.54 Å². The Balaban J connectivity index is 2.35. The van der Waals surface area contributed by atoms with Crippen molar-refractivity contribution in [1.82, 2.24) is 5.32 Å². The number of carbonyl (C=O) groups excluding carboxylic acids is 1. The van der Waals surface area contributed by atoms with E-state index in [4.69, 9.17) is 4.74 Å². The fourth-order valence-electron chi connectivity index (χ4n) is 3.28. The minimum Gasteiger partial charge on any atom is -0.501 e. The fourth-order valence-corrected chi connectivity index (χ4v) is 3.28. The lowest BCUT2D eigenvalue weighted by Gasteiger charge is -2.41. The highest BCUT2D eigenvalue weighted by Crippen LogP contribution is 2.39. The normalized spacial score (nSPS) is 32.8. The van der Waals surface area contributed by atoms with Crippen molar-refractivity contribution in [3.8, 4) is 0 Å². The summed E-state index contributed by atoms with van der Waals surface area (Å²) < 4.78 is 5.30. The van der Waals surface area contributed by atoms with Gasteiger partial charge >= 0.3 is 0 Å². The number of rotatable bonds is 3. The lowest BCUT2D eigenvalue weighted by Crippen LogP contribution is -2.55. The van der Waals surface area contributed by atoms with Crippen molar-refractivity contribution >= 4 is 5.78 Å². The highest BCUT2D eigenvalue weighted by molar-refractivity contribution is 5.92. The van der Waals surface area contributed by atoms with E-state index in [1.54, 1.807) is 7.11 Å². The van der Waals surface area contributed by atoms with Gasteiger partial charge in [-0.1, -0.05) is 19.4 Å². The second-order valence-corrected chi connectivity index (χ2v) is 5.35. The molecule has 0 aromatic heterocycles. The third kappa shape index (κ3) is 2.12. The van der Waals surface area contributed by atoms with E-state index in [0.29, 0.717) is 18.1 Å². The largest absolute Gasteiger partial charge is 0.501 e. The van der Waals surface area contributed by atoms with Crippen LogP contribution < -0.4 is 5.32 Å². The predicted molar refractivity (Wildman–Crippen MR) is 72.2 cm³/mol. The fraction of sp³-hybridized carbons (Fsp3) is 0.667. The third-order valence-electron chi connectivity index (χ3n) is 4.35. The van der Waals surface area contributed by atoms with Crippen LogP contribution in [-0.4, -0.2) is 25.5 Å². The molecule has 2 atom stereocenters. The summed E-state index contributed by atoms with van der Waals surface area (Å²) in [6.07, 6.45) is 8.77. The molecular weight excluding hydrogens is 226 g/mol. The molecule has 0 aromatic rings. The molecule has 18 heavy (non-hydrogen) atoms. The molecule has 3 heteroatoms. The summed E-state index contributed by atoms with van der Waals surface area (Å²) in [5.41, 5.74) is 0.809. The zero-order valence-electron chi connectivity index (χ0n) is 11.6. The minimum absolute atomic E-state index is 0.351. The summed E-state index contributed by atoms with van der Waals surface area (Å²) in [7, 11) is 3.61. The molecule has 3 nitrogen and oxygen atoms in total. The van der Waals surface area contributed by atoms with Gasteiger partial charge in [0.25, 0.3) is 0 Å². The molecule has 0 bridgehead atoms. The van der Waals surface area contributed by atoms with Crippen molar-refractivity contribution in [3.05, 3.63) is 23.5 Å². The van der Waals surface area contributed by atoms with E-state index in [-0.39, 0.29) is 0 Å². The molecule has 100 valence electrons. The Labute approximate surface area is 109 Å². The molecule has 0 aliphatic heterocycles. The molecule has 0 aromatic carbocycles. The lowest BCUT2D eigenvalue weighted by molar-refractivity contribution is -0.126. The van der Waals surface area contributed by atoms with Crippen molar-refractivity contribution in [2.75, 3.05) is 14.2 Å². The van der Waals surface area contributed by atoms with Gasteiger partial charge in [-0.15, -0.1) is 0 Å². The highest BCUT2D eigenvalue weighted by Gasteiger charge is 2.43. The number of allylic oxidation sites excluding steroid dienone is 3. The molecule has 2 aliphatic rings. The quantitative estimate of drug-likeness (QED) is 0.835. The van der Waals surface area contributed by atoms with Crippen molar-refractivity contribution in [2.24, 2.45) is 5.92 Å². The van der Waals surface area contributed by atoms with Crippen LogP contribution in [0.1, 0.15) is 39.0 Å². The summed E-state index contributed by atoms with van der Waals surface area (Å²) >= 11 is 0. The molecule has 0 saturated heterocycles. The smallest absolute Gasteiger partial charge is 0.157 e. The molecule has 2 aliphatic carbocycles. The van der Waals surface area contributed by atoms with Crippen LogP contribution in [0.5, 0.6) is 0 Å². The molecule has 0 heterocycles. The number of carbonyl (C=O) groups is 1. The second kappa shape index (κ2) is 5.27. The Morgan fingerprint density at radius 2 is 2.17 bits per heavy atom. The van der Waals surface area contributed by atoms with E-state index in [0.717, 1.165) is 31.4 Å². The first kappa shape index (κ1) is 13.3. The number of likely N-dealkylation sites (N-methyl/N-ethyl adjacent to an activating group) is 1. The van der Waals surface area contributed by atoms with Crippen LogP contribution in [0.15, 0.2) is 23.5 Å². The maximum absolute atomic E-state index is 12.4. The number of Topliss-reactive ketones (excluding diaryl/α,β-unsaturated/α-hetero) is 1. The summed E-state index contributed by atoms with van der Waals surface area (Å²) in [5, 5.41) is 3.31. The first-order valence-electron chi connectivity index (χ1n) is 6.81. The summed E-state index contributed by atoms with van der Waals surface area (Å²) in [4.78, 5) is 12.4. The van der Waals surface area contributed by atoms with Crippen molar-refractivity contribution < 1.29 is 9.53 Å². The number of ketones is 1. The monoisotopic (exact) mass is 249 g/mol. The molecule has 1 N–H and O–H groups in total. The number of hydrogen-bond acceptors (Lipinski definition) is 3. The van der Waals surface area contributed by atoms with E-state index in [1.807, 2.05) is 13.1 Å². The van der Waals surface area contributed by atoms with Crippen LogP contribution in [0.4, 0.5) is 0 Å². The van der Waals surface area contributed by atoms with Gasteiger partial charge < -0.3 is 10.1 Å². The van der Waals surface area contributed by atoms with Crippen molar-refractivity contribution in [3.63, 3.8) is 0 Å². The average molecular weight is 249 g/mol. The molecule has 0 amide bonds. The number of ether oxygens (including phenoxy) is 1. The first-order chi connectivity index (χ1) is 8.64. The molecular formula is C15H23NO2. The Bertz CT molecular complexity index is 397. The Kier molecular flexibility index (Phi) is 3.91. The topological polar surface area (TPSA) is 38.3 Å².